The van der Waals surface area contributed by atoms with Gasteiger partial charge in [0.15, 0.2) is 11.5 Å². The Balaban J connectivity index is 1.72. The quantitative estimate of drug-likeness (QED) is 0.333. The largest absolute Gasteiger partial charge is 0.493 e. The standard InChI is InChI=1S/C26H27F3N2O5/c1-35-23-11-19(14-31-25(34)30-13-17-7-9-20(10-8-17)26(27,28)29)22(18-5-3-2-4-6-18)12-24(23)36-16-21(33)15-32/h2-12,21,32-33H,13-16H2,1H3,(H2,30,31,34)/t21-/m0/s1. The van der Waals surface area contributed by atoms with Gasteiger partial charge in [0, 0.05) is 13.1 Å². The zero-order chi connectivity index (χ0) is 26.1. The molecule has 0 aliphatic carbocycles. The minimum atomic E-state index is -4.42. The van der Waals surface area contributed by atoms with Gasteiger partial charge in [-0.2, -0.15) is 13.2 Å². The molecule has 0 saturated carbocycles. The highest BCUT2D eigenvalue weighted by Gasteiger charge is 2.29. The monoisotopic (exact) mass is 504 g/mol. The van der Waals surface area contributed by atoms with Crippen LogP contribution in [0.5, 0.6) is 11.5 Å². The molecule has 0 fully saturated rings. The lowest BCUT2D eigenvalue weighted by Crippen LogP contribution is -2.34. The number of alkyl halides is 3. The summed E-state index contributed by atoms with van der Waals surface area (Å²) in [5.41, 5.74) is 2.10. The molecule has 0 spiro atoms. The van der Waals surface area contributed by atoms with Gasteiger partial charge < -0.3 is 30.3 Å². The van der Waals surface area contributed by atoms with Gasteiger partial charge in [0.1, 0.15) is 12.7 Å². The molecule has 0 aromatic heterocycles. The highest BCUT2D eigenvalue weighted by Crippen LogP contribution is 2.36. The van der Waals surface area contributed by atoms with E-state index in [2.05, 4.69) is 10.6 Å². The number of urea groups is 1. The number of methoxy groups -OCH3 is 1. The first-order valence-electron chi connectivity index (χ1n) is 11.1. The van der Waals surface area contributed by atoms with Gasteiger partial charge in [0.2, 0.25) is 0 Å². The van der Waals surface area contributed by atoms with Crippen molar-refractivity contribution in [1.82, 2.24) is 10.6 Å². The second-order valence-corrected chi connectivity index (χ2v) is 7.90. The predicted molar refractivity (Wildman–Crippen MR) is 128 cm³/mol. The first kappa shape index (κ1) is 26.8. The number of aliphatic hydroxyl groups is 2. The minimum absolute atomic E-state index is 0.0544. The van der Waals surface area contributed by atoms with E-state index < -0.39 is 30.5 Å². The highest BCUT2D eigenvalue weighted by molar-refractivity contribution is 5.75. The van der Waals surface area contributed by atoms with Crippen LogP contribution in [-0.4, -0.2) is 42.7 Å². The summed E-state index contributed by atoms with van der Waals surface area (Å²) in [4.78, 5) is 12.4. The number of amides is 2. The van der Waals surface area contributed by atoms with E-state index in [-0.39, 0.29) is 19.7 Å². The molecule has 36 heavy (non-hydrogen) atoms. The number of ether oxygens (including phenoxy) is 2. The Morgan fingerprint density at radius 2 is 1.64 bits per heavy atom. The lowest BCUT2D eigenvalue weighted by Gasteiger charge is -2.18. The third-order valence-corrected chi connectivity index (χ3v) is 5.29. The van der Waals surface area contributed by atoms with E-state index in [4.69, 9.17) is 14.6 Å². The number of rotatable bonds is 10. The van der Waals surface area contributed by atoms with Crippen LogP contribution >= 0.6 is 0 Å². The zero-order valence-corrected chi connectivity index (χ0v) is 19.5. The molecule has 0 saturated heterocycles. The average Bonchev–Trinajstić information content (AvgIpc) is 2.89. The number of carbonyl (C=O) groups is 1. The van der Waals surface area contributed by atoms with Crippen LogP contribution in [0, 0.1) is 0 Å². The molecule has 0 radical (unpaired) electrons. The van der Waals surface area contributed by atoms with Crippen molar-refractivity contribution in [3.63, 3.8) is 0 Å². The van der Waals surface area contributed by atoms with Gasteiger partial charge in [-0.05, 0) is 46.5 Å². The van der Waals surface area contributed by atoms with Crippen LogP contribution in [0.2, 0.25) is 0 Å². The Bertz CT molecular complexity index is 1140. The summed E-state index contributed by atoms with van der Waals surface area (Å²) < 4.78 is 49.2. The second-order valence-electron chi connectivity index (χ2n) is 7.90. The molecular weight excluding hydrogens is 477 g/mol. The van der Waals surface area contributed by atoms with Crippen molar-refractivity contribution in [1.29, 1.82) is 0 Å². The Labute approximate surface area is 206 Å². The fraction of sp³-hybridized carbons (Fsp3) is 0.269. The molecule has 3 aromatic rings. The number of hydrogen-bond acceptors (Lipinski definition) is 5. The fourth-order valence-corrected chi connectivity index (χ4v) is 3.38. The van der Waals surface area contributed by atoms with E-state index in [9.17, 15) is 23.1 Å². The number of hydrogen-bond donors (Lipinski definition) is 4. The maximum absolute atomic E-state index is 12.7. The van der Waals surface area contributed by atoms with E-state index in [0.717, 1.165) is 28.8 Å². The maximum atomic E-state index is 12.7. The van der Waals surface area contributed by atoms with Crippen molar-refractivity contribution in [2.45, 2.75) is 25.4 Å². The molecule has 10 heteroatoms. The zero-order valence-electron chi connectivity index (χ0n) is 19.5. The van der Waals surface area contributed by atoms with Gasteiger partial charge in [0.05, 0.1) is 19.3 Å². The van der Waals surface area contributed by atoms with Crippen LogP contribution in [0.1, 0.15) is 16.7 Å². The third kappa shape index (κ3) is 7.37. The summed E-state index contributed by atoms with van der Waals surface area (Å²) in [7, 11) is 1.46. The van der Waals surface area contributed by atoms with Crippen molar-refractivity contribution in [3.05, 3.63) is 83.4 Å². The summed E-state index contributed by atoms with van der Waals surface area (Å²) in [6.07, 6.45) is -5.47. The van der Waals surface area contributed by atoms with E-state index >= 15 is 0 Å². The van der Waals surface area contributed by atoms with Gasteiger partial charge in [-0.3, -0.25) is 0 Å². The second kappa shape index (κ2) is 12.3. The van der Waals surface area contributed by atoms with E-state index in [1.165, 1.54) is 19.2 Å². The van der Waals surface area contributed by atoms with Gasteiger partial charge in [-0.25, -0.2) is 4.79 Å². The molecule has 7 nitrogen and oxygen atoms in total. The van der Waals surface area contributed by atoms with E-state index in [0.29, 0.717) is 17.1 Å². The molecule has 3 aromatic carbocycles. The molecule has 0 aliphatic heterocycles. The molecule has 192 valence electrons. The van der Waals surface area contributed by atoms with Crippen molar-refractivity contribution in [2.24, 2.45) is 0 Å². The number of benzene rings is 3. The number of carbonyl (C=O) groups excluding carboxylic acids is 1. The van der Waals surface area contributed by atoms with Gasteiger partial charge in [0.25, 0.3) is 0 Å². The highest BCUT2D eigenvalue weighted by atomic mass is 19.4. The predicted octanol–water partition coefficient (Wildman–Crippen LogP) is 4.11. The van der Waals surface area contributed by atoms with Crippen molar-refractivity contribution < 1.29 is 37.7 Å². The Hall–Kier alpha value is -3.76. The van der Waals surface area contributed by atoms with E-state index in [1.54, 1.807) is 12.1 Å². The van der Waals surface area contributed by atoms with Crippen LogP contribution in [0.3, 0.4) is 0 Å². The summed E-state index contributed by atoms with van der Waals surface area (Å²) >= 11 is 0. The number of nitrogens with one attached hydrogen (secondary N) is 2. The molecular formula is C26H27F3N2O5. The van der Waals surface area contributed by atoms with Crippen molar-refractivity contribution in [3.8, 4) is 22.6 Å². The molecule has 0 aliphatic rings. The minimum Gasteiger partial charge on any atom is -0.493 e. The lowest BCUT2D eigenvalue weighted by molar-refractivity contribution is -0.137. The fourth-order valence-electron chi connectivity index (χ4n) is 3.38. The van der Waals surface area contributed by atoms with Crippen molar-refractivity contribution in [2.75, 3.05) is 20.3 Å². The topological polar surface area (TPSA) is 100 Å². The number of aliphatic hydroxyl groups excluding tert-OH is 2. The van der Waals surface area contributed by atoms with Gasteiger partial charge in [-0.1, -0.05) is 42.5 Å². The first-order valence-corrected chi connectivity index (χ1v) is 11.1. The summed E-state index contributed by atoms with van der Waals surface area (Å²) in [6.45, 7) is -0.403. The first-order chi connectivity index (χ1) is 17.2. The normalized spacial score (nSPS) is 12.1. The molecule has 2 amide bonds. The van der Waals surface area contributed by atoms with Crippen LogP contribution in [0.15, 0.2) is 66.7 Å². The summed E-state index contributed by atoms with van der Waals surface area (Å²) in [6, 6.07) is 16.9. The van der Waals surface area contributed by atoms with Gasteiger partial charge >= 0.3 is 12.2 Å². The van der Waals surface area contributed by atoms with Crippen LogP contribution < -0.4 is 20.1 Å². The molecule has 4 N–H and O–H groups in total. The number of halogens is 3. The van der Waals surface area contributed by atoms with Crippen molar-refractivity contribution >= 4 is 6.03 Å². The summed E-state index contributed by atoms with van der Waals surface area (Å²) in [5, 5.41) is 24.0. The summed E-state index contributed by atoms with van der Waals surface area (Å²) in [5.74, 6) is 0.737. The Morgan fingerprint density at radius 1 is 0.972 bits per heavy atom. The smallest absolute Gasteiger partial charge is 0.416 e. The molecule has 3 rings (SSSR count). The van der Waals surface area contributed by atoms with Crippen LogP contribution in [0.4, 0.5) is 18.0 Å². The van der Waals surface area contributed by atoms with E-state index in [1.807, 2.05) is 30.3 Å². The third-order valence-electron chi connectivity index (χ3n) is 5.29. The Morgan fingerprint density at radius 3 is 2.25 bits per heavy atom. The van der Waals surface area contributed by atoms with Crippen LogP contribution in [0.25, 0.3) is 11.1 Å². The van der Waals surface area contributed by atoms with Crippen LogP contribution in [-0.2, 0) is 19.3 Å². The average molecular weight is 505 g/mol. The molecule has 0 bridgehead atoms. The SMILES string of the molecule is COc1cc(CNC(=O)NCc2ccc(C(F)(F)F)cc2)c(-c2ccccc2)cc1OC[C@@H](O)CO. The molecule has 1 atom stereocenters. The Kier molecular flexibility index (Phi) is 9.15. The molecule has 0 heterocycles. The van der Waals surface area contributed by atoms with Gasteiger partial charge in [-0.15, -0.1) is 0 Å². The molecule has 0 unspecified atom stereocenters. The maximum Gasteiger partial charge on any atom is 0.416 e. The lowest BCUT2D eigenvalue weighted by atomic mass is 9.98.